The SMILES string of the molecule is CC(C)c1nc(S(C)(=O)=O)c(Cl)cc1O. The van der Waals surface area contributed by atoms with Gasteiger partial charge in [0.2, 0.25) is 0 Å². The maximum Gasteiger partial charge on any atom is 0.194 e. The average Bonchev–Trinajstić information content (AvgIpc) is 2.00. The van der Waals surface area contributed by atoms with E-state index in [2.05, 4.69) is 4.98 Å². The summed E-state index contributed by atoms with van der Waals surface area (Å²) in [5.41, 5.74) is 0.333. The highest BCUT2D eigenvalue weighted by Gasteiger charge is 2.19. The Labute approximate surface area is 93.8 Å². The van der Waals surface area contributed by atoms with Gasteiger partial charge in [-0.1, -0.05) is 25.4 Å². The van der Waals surface area contributed by atoms with Crippen LogP contribution in [0, 0.1) is 0 Å². The molecular weight excluding hydrogens is 238 g/mol. The Hall–Kier alpha value is -0.810. The molecule has 1 N–H and O–H groups in total. The maximum atomic E-state index is 11.3. The van der Waals surface area contributed by atoms with Crippen LogP contribution >= 0.6 is 11.6 Å². The minimum absolute atomic E-state index is 0.0561. The van der Waals surface area contributed by atoms with Crippen molar-refractivity contribution in [3.05, 3.63) is 16.8 Å². The number of aromatic nitrogens is 1. The van der Waals surface area contributed by atoms with Crippen LogP contribution in [0.15, 0.2) is 11.1 Å². The molecule has 0 bridgehead atoms. The number of hydrogen-bond donors (Lipinski definition) is 1. The summed E-state index contributed by atoms with van der Waals surface area (Å²) < 4.78 is 22.6. The lowest BCUT2D eigenvalue weighted by Crippen LogP contribution is -2.05. The molecule has 0 fully saturated rings. The predicted octanol–water partition coefficient (Wildman–Crippen LogP) is 1.97. The second kappa shape index (κ2) is 3.98. The summed E-state index contributed by atoms with van der Waals surface area (Å²) in [6.45, 7) is 3.62. The molecule has 0 aliphatic rings. The first-order chi connectivity index (χ1) is 6.73. The van der Waals surface area contributed by atoms with E-state index in [1.807, 2.05) is 13.8 Å². The largest absolute Gasteiger partial charge is 0.506 e. The zero-order chi connectivity index (χ0) is 11.8. The third-order valence-electron chi connectivity index (χ3n) is 1.85. The molecule has 1 aromatic rings. The Kier molecular flexibility index (Phi) is 3.25. The fraction of sp³-hybridized carbons (Fsp3) is 0.444. The van der Waals surface area contributed by atoms with Crippen molar-refractivity contribution in [1.29, 1.82) is 0 Å². The maximum absolute atomic E-state index is 11.3. The van der Waals surface area contributed by atoms with E-state index in [0.29, 0.717) is 5.69 Å². The first kappa shape index (κ1) is 12.3. The lowest BCUT2D eigenvalue weighted by Gasteiger charge is -2.10. The third kappa shape index (κ3) is 2.60. The smallest absolute Gasteiger partial charge is 0.194 e. The molecule has 0 aliphatic heterocycles. The molecular formula is C9H12ClNO3S. The fourth-order valence-electron chi connectivity index (χ4n) is 1.16. The molecule has 0 aliphatic carbocycles. The minimum Gasteiger partial charge on any atom is -0.506 e. The van der Waals surface area contributed by atoms with Gasteiger partial charge < -0.3 is 5.11 Å². The summed E-state index contributed by atoms with van der Waals surface area (Å²) in [4.78, 5) is 3.87. The molecule has 1 heterocycles. The lowest BCUT2D eigenvalue weighted by atomic mass is 10.1. The zero-order valence-electron chi connectivity index (χ0n) is 8.65. The van der Waals surface area contributed by atoms with Gasteiger partial charge in [0, 0.05) is 12.3 Å². The number of pyridine rings is 1. The summed E-state index contributed by atoms with van der Waals surface area (Å²) >= 11 is 5.69. The topological polar surface area (TPSA) is 67.3 Å². The Bertz CT molecular complexity index is 482. The van der Waals surface area contributed by atoms with Crippen molar-refractivity contribution < 1.29 is 13.5 Å². The monoisotopic (exact) mass is 249 g/mol. The van der Waals surface area contributed by atoms with E-state index < -0.39 is 9.84 Å². The average molecular weight is 250 g/mol. The second-order valence-corrected chi connectivity index (χ2v) is 5.94. The van der Waals surface area contributed by atoms with Crippen molar-refractivity contribution in [3.8, 4) is 5.75 Å². The van der Waals surface area contributed by atoms with E-state index in [0.717, 1.165) is 6.26 Å². The van der Waals surface area contributed by atoms with Crippen LogP contribution in [-0.4, -0.2) is 24.8 Å². The molecule has 0 atom stereocenters. The Balaban J connectivity index is 3.50. The van der Waals surface area contributed by atoms with Gasteiger partial charge in [0.1, 0.15) is 5.75 Å². The summed E-state index contributed by atoms with van der Waals surface area (Å²) in [7, 11) is -3.46. The van der Waals surface area contributed by atoms with Gasteiger partial charge >= 0.3 is 0 Å². The molecule has 84 valence electrons. The number of nitrogens with zero attached hydrogens (tertiary/aromatic N) is 1. The van der Waals surface area contributed by atoms with E-state index in [9.17, 15) is 13.5 Å². The van der Waals surface area contributed by atoms with Crippen molar-refractivity contribution in [2.24, 2.45) is 0 Å². The van der Waals surface area contributed by atoms with E-state index >= 15 is 0 Å². The number of rotatable bonds is 2. The van der Waals surface area contributed by atoms with Gasteiger partial charge in [0.25, 0.3) is 0 Å². The van der Waals surface area contributed by atoms with Crippen molar-refractivity contribution in [2.75, 3.05) is 6.26 Å². The van der Waals surface area contributed by atoms with Crippen LogP contribution in [0.25, 0.3) is 0 Å². The van der Waals surface area contributed by atoms with Crippen molar-refractivity contribution >= 4 is 21.4 Å². The normalized spacial score (nSPS) is 12.1. The molecule has 0 spiro atoms. The van der Waals surface area contributed by atoms with Crippen LogP contribution in [0.5, 0.6) is 5.75 Å². The number of sulfone groups is 1. The molecule has 0 saturated heterocycles. The standard InChI is InChI=1S/C9H12ClNO3S/c1-5(2)8-7(12)4-6(10)9(11-8)15(3,13)14/h4-5,12H,1-3H3. The van der Waals surface area contributed by atoms with E-state index in [1.54, 1.807) is 0 Å². The summed E-state index contributed by atoms with van der Waals surface area (Å²) in [5, 5.41) is 9.26. The second-order valence-electron chi connectivity index (χ2n) is 3.61. The van der Waals surface area contributed by atoms with Crippen LogP contribution in [0.3, 0.4) is 0 Å². The first-order valence-corrected chi connectivity index (χ1v) is 6.60. The van der Waals surface area contributed by atoms with Gasteiger partial charge in [0.05, 0.1) is 10.7 Å². The Morgan fingerprint density at radius 3 is 2.40 bits per heavy atom. The first-order valence-electron chi connectivity index (χ1n) is 4.33. The van der Waals surface area contributed by atoms with E-state index in [-0.39, 0.29) is 21.7 Å². The predicted molar refractivity (Wildman–Crippen MR) is 58.1 cm³/mol. The van der Waals surface area contributed by atoms with Gasteiger partial charge in [0.15, 0.2) is 14.9 Å². The van der Waals surface area contributed by atoms with E-state index in [1.165, 1.54) is 6.07 Å². The molecule has 0 saturated carbocycles. The van der Waals surface area contributed by atoms with Gasteiger partial charge in [-0.05, 0) is 5.92 Å². The van der Waals surface area contributed by atoms with Crippen LogP contribution in [0.4, 0.5) is 0 Å². The molecule has 4 nitrogen and oxygen atoms in total. The quantitative estimate of drug-likeness (QED) is 0.870. The molecule has 0 amide bonds. The van der Waals surface area contributed by atoms with Gasteiger partial charge in [-0.25, -0.2) is 13.4 Å². The molecule has 15 heavy (non-hydrogen) atoms. The molecule has 0 radical (unpaired) electrons. The molecule has 0 aromatic carbocycles. The summed E-state index contributed by atoms with van der Waals surface area (Å²) in [6.07, 6.45) is 1.03. The number of halogens is 1. The zero-order valence-corrected chi connectivity index (χ0v) is 10.2. The molecule has 6 heteroatoms. The number of hydrogen-bond acceptors (Lipinski definition) is 4. The van der Waals surface area contributed by atoms with E-state index in [4.69, 9.17) is 11.6 Å². The summed E-state index contributed by atoms with van der Waals surface area (Å²) in [6, 6.07) is 1.21. The lowest BCUT2D eigenvalue weighted by molar-refractivity contribution is 0.458. The molecule has 0 unspecified atom stereocenters. The van der Waals surface area contributed by atoms with Crippen molar-refractivity contribution in [2.45, 2.75) is 24.8 Å². The summed E-state index contributed by atoms with van der Waals surface area (Å²) in [5.74, 6) is -0.148. The third-order valence-corrected chi connectivity index (χ3v) is 3.26. The van der Waals surface area contributed by atoms with Gasteiger partial charge in [-0.2, -0.15) is 0 Å². The van der Waals surface area contributed by atoms with Crippen LogP contribution in [0.2, 0.25) is 5.02 Å². The van der Waals surface area contributed by atoms with Crippen molar-refractivity contribution in [3.63, 3.8) is 0 Å². The Morgan fingerprint density at radius 2 is 2.00 bits per heavy atom. The van der Waals surface area contributed by atoms with Gasteiger partial charge in [-0.15, -0.1) is 0 Å². The van der Waals surface area contributed by atoms with Crippen LogP contribution < -0.4 is 0 Å². The van der Waals surface area contributed by atoms with Crippen LogP contribution in [-0.2, 0) is 9.84 Å². The van der Waals surface area contributed by atoms with Crippen LogP contribution in [0.1, 0.15) is 25.5 Å². The Morgan fingerprint density at radius 1 is 1.47 bits per heavy atom. The number of aromatic hydroxyl groups is 1. The van der Waals surface area contributed by atoms with Crippen molar-refractivity contribution in [1.82, 2.24) is 4.98 Å². The van der Waals surface area contributed by atoms with Gasteiger partial charge in [-0.3, -0.25) is 0 Å². The minimum atomic E-state index is -3.46. The molecule has 1 aromatic heterocycles. The highest BCUT2D eigenvalue weighted by atomic mass is 35.5. The highest BCUT2D eigenvalue weighted by Crippen LogP contribution is 2.30. The fourth-order valence-corrected chi connectivity index (χ4v) is 2.40. The molecule has 1 rings (SSSR count). The highest BCUT2D eigenvalue weighted by molar-refractivity contribution is 7.90.